The third-order valence-electron chi connectivity index (χ3n) is 4.67. The summed E-state index contributed by atoms with van der Waals surface area (Å²) < 4.78 is 39.4. The molecule has 3 rings (SSSR count). The maximum Gasteiger partial charge on any atom is 0.417 e. The average Bonchev–Trinajstić information content (AvgIpc) is 2.68. The van der Waals surface area contributed by atoms with Crippen LogP contribution in [0.5, 0.6) is 0 Å². The van der Waals surface area contributed by atoms with Gasteiger partial charge in [0.05, 0.1) is 16.6 Å². The summed E-state index contributed by atoms with van der Waals surface area (Å²) in [4.78, 5) is 0. The number of aryl methyl sites for hydroxylation is 2. The molecule has 0 radical (unpaired) electrons. The molecule has 0 bridgehead atoms. The van der Waals surface area contributed by atoms with Gasteiger partial charge < -0.3 is 10.6 Å². The Morgan fingerprint density at radius 2 is 1.67 bits per heavy atom. The van der Waals surface area contributed by atoms with Crippen molar-refractivity contribution in [2.24, 2.45) is 0 Å². The monoisotopic (exact) mass is 448 g/mol. The second-order valence-electron chi connectivity index (χ2n) is 6.99. The standard InChI is InChI=1S/C23H20ClF3N2S/c1-14-8-10-18(15(2)12-14)21(16-6-4-3-5-7-16)29-22(30)28-17-9-11-20(24)19(13-17)23(25,26)27/h3-13,21H,1-2H3,(H2,28,29,30)/t21-/m0/s1. The van der Waals surface area contributed by atoms with Gasteiger partial charge in [-0.2, -0.15) is 13.2 Å². The third-order valence-corrected chi connectivity index (χ3v) is 5.22. The number of hydrogen-bond acceptors (Lipinski definition) is 1. The molecule has 0 spiro atoms. The molecule has 0 amide bonds. The van der Waals surface area contributed by atoms with Crippen LogP contribution < -0.4 is 10.6 Å². The van der Waals surface area contributed by atoms with Crippen molar-refractivity contribution >= 4 is 34.6 Å². The molecule has 0 saturated heterocycles. The number of benzene rings is 3. The van der Waals surface area contributed by atoms with Gasteiger partial charge >= 0.3 is 6.18 Å². The van der Waals surface area contributed by atoms with Crippen molar-refractivity contribution in [3.05, 3.63) is 99.6 Å². The highest BCUT2D eigenvalue weighted by molar-refractivity contribution is 7.80. The molecule has 1 atom stereocenters. The predicted octanol–water partition coefficient (Wildman–Crippen LogP) is 7.05. The van der Waals surface area contributed by atoms with E-state index in [9.17, 15) is 13.2 Å². The zero-order chi connectivity index (χ0) is 21.9. The molecule has 7 heteroatoms. The number of hydrogen-bond donors (Lipinski definition) is 2. The first-order valence-corrected chi connectivity index (χ1v) is 10.00. The van der Waals surface area contributed by atoms with E-state index in [1.54, 1.807) is 0 Å². The number of thiocarbonyl (C=S) groups is 1. The van der Waals surface area contributed by atoms with E-state index in [2.05, 4.69) is 16.7 Å². The highest BCUT2D eigenvalue weighted by Crippen LogP contribution is 2.36. The first-order valence-electron chi connectivity index (χ1n) is 9.21. The van der Waals surface area contributed by atoms with Crippen LogP contribution in [-0.4, -0.2) is 5.11 Å². The van der Waals surface area contributed by atoms with Gasteiger partial charge in [-0.3, -0.25) is 0 Å². The summed E-state index contributed by atoms with van der Waals surface area (Å²) in [6.07, 6.45) is -4.55. The lowest BCUT2D eigenvalue weighted by Gasteiger charge is -2.24. The van der Waals surface area contributed by atoms with Crippen LogP contribution >= 0.6 is 23.8 Å². The second-order valence-corrected chi connectivity index (χ2v) is 7.81. The van der Waals surface area contributed by atoms with E-state index < -0.39 is 11.7 Å². The van der Waals surface area contributed by atoms with Gasteiger partial charge in [-0.15, -0.1) is 0 Å². The number of alkyl halides is 3. The predicted molar refractivity (Wildman–Crippen MR) is 120 cm³/mol. The average molecular weight is 449 g/mol. The Balaban J connectivity index is 1.88. The van der Waals surface area contributed by atoms with Gasteiger partial charge in [-0.1, -0.05) is 65.7 Å². The molecular weight excluding hydrogens is 429 g/mol. The van der Waals surface area contributed by atoms with Gasteiger partial charge in [0.25, 0.3) is 0 Å². The van der Waals surface area contributed by atoms with Crippen molar-refractivity contribution in [2.45, 2.75) is 26.1 Å². The van der Waals surface area contributed by atoms with Crippen LogP contribution in [0, 0.1) is 13.8 Å². The fourth-order valence-corrected chi connectivity index (χ4v) is 3.71. The Labute approximate surface area is 184 Å². The molecule has 2 nitrogen and oxygen atoms in total. The zero-order valence-electron chi connectivity index (χ0n) is 16.3. The minimum absolute atomic E-state index is 0.205. The van der Waals surface area contributed by atoms with Crippen molar-refractivity contribution < 1.29 is 13.2 Å². The summed E-state index contributed by atoms with van der Waals surface area (Å²) in [7, 11) is 0. The van der Waals surface area contributed by atoms with Crippen LogP contribution in [0.4, 0.5) is 18.9 Å². The van der Waals surface area contributed by atoms with E-state index in [1.165, 1.54) is 12.1 Å². The van der Waals surface area contributed by atoms with E-state index >= 15 is 0 Å². The number of rotatable bonds is 4. The van der Waals surface area contributed by atoms with Gasteiger partial charge in [-0.25, -0.2) is 0 Å². The van der Waals surface area contributed by atoms with Crippen molar-refractivity contribution in [2.75, 3.05) is 5.32 Å². The lowest BCUT2D eigenvalue weighted by molar-refractivity contribution is -0.137. The van der Waals surface area contributed by atoms with Crippen LogP contribution in [0.3, 0.4) is 0 Å². The topological polar surface area (TPSA) is 24.1 Å². The molecule has 3 aromatic carbocycles. The smallest absolute Gasteiger partial charge is 0.352 e. The number of nitrogens with one attached hydrogen (secondary N) is 2. The fourth-order valence-electron chi connectivity index (χ4n) is 3.25. The van der Waals surface area contributed by atoms with Crippen LogP contribution in [0.25, 0.3) is 0 Å². The van der Waals surface area contributed by atoms with E-state index in [-0.39, 0.29) is 21.9 Å². The van der Waals surface area contributed by atoms with Crippen molar-refractivity contribution in [1.82, 2.24) is 5.32 Å². The summed E-state index contributed by atoms with van der Waals surface area (Å²) >= 11 is 11.1. The maximum atomic E-state index is 13.1. The van der Waals surface area contributed by atoms with Crippen molar-refractivity contribution in [1.29, 1.82) is 0 Å². The Hall–Kier alpha value is -2.57. The van der Waals surface area contributed by atoms with E-state index in [1.807, 2.05) is 56.3 Å². The molecule has 0 fully saturated rings. The van der Waals surface area contributed by atoms with Gasteiger partial charge in [0.2, 0.25) is 0 Å². The first-order chi connectivity index (χ1) is 14.1. The molecule has 0 aliphatic carbocycles. The van der Waals surface area contributed by atoms with Gasteiger partial charge in [0, 0.05) is 5.69 Å². The molecule has 0 aliphatic heterocycles. The van der Waals surface area contributed by atoms with Gasteiger partial charge in [-0.05, 0) is 61.0 Å². The summed E-state index contributed by atoms with van der Waals surface area (Å²) in [5.41, 5.74) is 3.54. The highest BCUT2D eigenvalue weighted by Gasteiger charge is 2.33. The molecule has 0 aliphatic rings. The minimum atomic E-state index is -4.55. The van der Waals surface area contributed by atoms with Crippen LogP contribution in [-0.2, 0) is 6.18 Å². The normalized spacial score (nSPS) is 12.3. The first kappa shape index (κ1) is 22.1. The Morgan fingerprint density at radius 1 is 0.967 bits per heavy atom. The van der Waals surface area contributed by atoms with E-state index in [4.69, 9.17) is 23.8 Å². The highest BCUT2D eigenvalue weighted by atomic mass is 35.5. The molecule has 0 aromatic heterocycles. The summed E-state index contributed by atoms with van der Waals surface area (Å²) in [5, 5.41) is 5.93. The molecule has 30 heavy (non-hydrogen) atoms. The fraction of sp³-hybridized carbons (Fsp3) is 0.174. The molecule has 2 N–H and O–H groups in total. The molecule has 0 heterocycles. The van der Waals surface area contributed by atoms with Gasteiger partial charge in [0.1, 0.15) is 0 Å². The Kier molecular flexibility index (Phi) is 6.68. The Bertz CT molecular complexity index is 1050. The molecule has 0 unspecified atom stereocenters. The third kappa shape index (κ3) is 5.32. The quantitative estimate of drug-likeness (QED) is 0.418. The second kappa shape index (κ2) is 9.06. The van der Waals surface area contributed by atoms with Gasteiger partial charge in [0.15, 0.2) is 5.11 Å². The summed E-state index contributed by atoms with van der Waals surface area (Å²) in [5.74, 6) is 0. The zero-order valence-corrected chi connectivity index (χ0v) is 17.9. The number of halogens is 4. The lowest BCUT2D eigenvalue weighted by Crippen LogP contribution is -2.33. The molecule has 156 valence electrons. The SMILES string of the molecule is Cc1ccc([C@@H](NC(=S)Nc2ccc(Cl)c(C(F)(F)F)c2)c2ccccc2)c(C)c1. The van der Waals surface area contributed by atoms with Crippen molar-refractivity contribution in [3.8, 4) is 0 Å². The summed E-state index contributed by atoms with van der Waals surface area (Å²) in [6.45, 7) is 4.04. The molecule has 3 aromatic rings. The van der Waals surface area contributed by atoms with E-state index in [0.29, 0.717) is 0 Å². The summed E-state index contributed by atoms with van der Waals surface area (Å²) in [6, 6.07) is 19.2. The lowest BCUT2D eigenvalue weighted by atomic mass is 9.94. The largest absolute Gasteiger partial charge is 0.417 e. The minimum Gasteiger partial charge on any atom is -0.352 e. The molecule has 0 saturated carbocycles. The van der Waals surface area contributed by atoms with Crippen LogP contribution in [0.2, 0.25) is 5.02 Å². The van der Waals surface area contributed by atoms with E-state index in [0.717, 1.165) is 28.3 Å². The number of anilines is 1. The van der Waals surface area contributed by atoms with Crippen molar-refractivity contribution in [3.63, 3.8) is 0 Å². The maximum absolute atomic E-state index is 13.1. The Morgan fingerprint density at radius 3 is 2.30 bits per heavy atom. The molecular formula is C23H20ClF3N2S. The van der Waals surface area contributed by atoms with Crippen LogP contribution in [0.1, 0.15) is 33.9 Å². The van der Waals surface area contributed by atoms with Crippen LogP contribution in [0.15, 0.2) is 66.7 Å².